The predicted octanol–water partition coefficient (Wildman–Crippen LogP) is -1.04. The largest absolute Gasteiger partial charge is 0.469 e. The molecule has 2 rings (SSSR count). The van der Waals surface area contributed by atoms with Crippen molar-refractivity contribution in [2.24, 2.45) is 0 Å². The average molecular weight is 366 g/mol. The standard InChI is InChI=1S/C12H19N2O9P/c1-6(23-24(17,18)19)8-9(20-2)10(21-3)11(22-8)14-5-4-7(15)13-12(14)16/h4-6,8-11H,1-3H3,(H,13,15,16)(H2,17,18,19)/t6-,8-,9?,10+,11-/m1/s1. The van der Waals surface area contributed by atoms with E-state index in [1.54, 1.807) is 0 Å². The lowest BCUT2D eigenvalue weighted by molar-refractivity contribution is -0.0832. The Bertz CT molecular complexity index is 726. The summed E-state index contributed by atoms with van der Waals surface area (Å²) in [6, 6.07) is 1.14. The molecule has 1 aromatic heterocycles. The first-order valence-corrected chi connectivity index (χ1v) is 8.47. The fourth-order valence-corrected chi connectivity index (χ4v) is 3.24. The number of hydrogen-bond donors (Lipinski definition) is 3. The molecular weight excluding hydrogens is 347 g/mol. The lowest BCUT2D eigenvalue weighted by Crippen LogP contribution is -2.41. The molecule has 1 fully saturated rings. The number of rotatable bonds is 6. The molecule has 12 heteroatoms. The Labute approximate surface area is 136 Å². The zero-order chi connectivity index (χ0) is 18.1. The van der Waals surface area contributed by atoms with Crippen molar-refractivity contribution >= 4 is 7.82 Å². The summed E-state index contributed by atoms with van der Waals surface area (Å²) in [5, 5.41) is 0. The number of phosphoric ester groups is 1. The number of nitrogens with zero attached hydrogens (tertiary/aromatic N) is 1. The van der Waals surface area contributed by atoms with Gasteiger partial charge < -0.3 is 24.0 Å². The summed E-state index contributed by atoms with van der Waals surface area (Å²) in [6.07, 6.45) is -3.24. The summed E-state index contributed by atoms with van der Waals surface area (Å²) in [4.78, 5) is 43.2. The second-order valence-corrected chi connectivity index (χ2v) is 6.40. The van der Waals surface area contributed by atoms with Crippen LogP contribution in [0.3, 0.4) is 0 Å². The number of aromatic amines is 1. The first-order valence-electron chi connectivity index (χ1n) is 6.94. The van der Waals surface area contributed by atoms with Gasteiger partial charge in [0.25, 0.3) is 5.56 Å². The molecule has 0 radical (unpaired) electrons. The molecule has 2 heterocycles. The highest BCUT2D eigenvalue weighted by molar-refractivity contribution is 7.46. The molecule has 1 saturated heterocycles. The summed E-state index contributed by atoms with van der Waals surface area (Å²) in [5.74, 6) is 0. The maximum absolute atomic E-state index is 12.0. The zero-order valence-electron chi connectivity index (χ0n) is 13.2. The normalized spacial score (nSPS) is 28.9. The molecule has 0 saturated carbocycles. The number of ether oxygens (including phenoxy) is 3. The summed E-state index contributed by atoms with van der Waals surface area (Å²) in [5.41, 5.74) is -1.28. The van der Waals surface area contributed by atoms with E-state index in [9.17, 15) is 14.2 Å². The molecule has 3 N–H and O–H groups in total. The first kappa shape index (κ1) is 19.0. The molecule has 0 amide bonds. The van der Waals surface area contributed by atoms with Crippen LogP contribution in [0.2, 0.25) is 0 Å². The average Bonchev–Trinajstić information content (AvgIpc) is 2.83. The van der Waals surface area contributed by atoms with Crippen LogP contribution in [0.1, 0.15) is 13.2 Å². The minimum Gasteiger partial charge on any atom is -0.376 e. The van der Waals surface area contributed by atoms with Gasteiger partial charge in [-0.25, -0.2) is 9.36 Å². The third-order valence-electron chi connectivity index (χ3n) is 3.66. The van der Waals surface area contributed by atoms with E-state index < -0.39 is 49.7 Å². The molecule has 11 nitrogen and oxygen atoms in total. The lowest BCUT2D eigenvalue weighted by Gasteiger charge is -2.25. The predicted molar refractivity (Wildman–Crippen MR) is 79.4 cm³/mol. The zero-order valence-corrected chi connectivity index (χ0v) is 14.1. The summed E-state index contributed by atoms with van der Waals surface area (Å²) >= 11 is 0. The molecular formula is C12H19N2O9P. The molecule has 136 valence electrons. The molecule has 1 aliphatic heterocycles. The van der Waals surface area contributed by atoms with Crippen molar-refractivity contribution in [2.45, 2.75) is 37.6 Å². The van der Waals surface area contributed by atoms with Gasteiger partial charge in [0.05, 0.1) is 6.10 Å². The van der Waals surface area contributed by atoms with E-state index in [4.69, 9.17) is 24.0 Å². The maximum Gasteiger partial charge on any atom is 0.469 e. The van der Waals surface area contributed by atoms with E-state index >= 15 is 0 Å². The minimum atomic E-state index is -4.74. The van der Waals surface area contributed by atoms with Crippen LogP contribution in [-0.4, -0.2) is 58.0 Å². The topological polar surface area (TPSA) is 149 Å². The van der Waals surface area contributed by atoms with E-state index in [1.165, 1.54) is 27.3 Å². The quantitative estimate of drug-likeness (QED) is 0.537. The van der Waals surface area contributed by atoms with Crippen molar-refractivity contribution in [3.05, 3.63) is 33.1 Å². The molecule has 0 bridgehead atoms. The Kier molecular flexibility index (Phi) is 5.76. The minimum absolute atomic E-state index is 0.568. The van der Waals surface area contributed by atoms with Crippen molar-refractivity contribution in [3.63, 3.8) is 0 Å². The van der Waals surface area contributed by atoms with Crippen LogP contribution < -0.4 is 11.2 Å². The van der Waals surface area contributed by atoms with Gasteiger partial charge in [-0.3, -0.25) is 18.9 Å². The van der Waals surface area contributed by atoms with Gasteiger partial charge in [0, 0.05) is 26.5 Å². The molecule has 0 aliphatic carbocycles. The Morgan fingerprint density at radius 2 is 1.92 bits per heavy atom. The molecule has 0 spiro atoms. The smallest absolute Gasteiger partial charge is 0.376 e. The SMILES string of the molecule is COC1[C@H](OC)[C@H](n2ccc(=O)[nH]c2=O)O[C@@H]1[C@@H](C)OP(=O)(O)O. The molecule has 1 aliphatic rings. The van der Waals surface area contributed by atoms with Crippen molar-refractivity contribution in [1.82, 2.24) is 9.55 Å². The van der Waals surface area contributed by atoms with Crippen LogP contribution in [0.5, 0.6) is 0 Å². The van der Waals surface area contributed by atoms with E-state index in [1.807, 2.05) is 0 Å². The number of methoxy groups -OCH3 is 2. The Morgan fingerprint density at radius 3 is 2.42 bits per heavy atom. The van der Waals surface area contributed by atoms with Gasteiger partial charge in [0.1, 0.15) is 18.3 Å². The van der Waals surface area contributed by atoms with Gasteiger partial charge in [-0.2, -0.15) is 0 Å². The summed E-state index contributed by atoms with van der Waals surface area (Å²) in [6.45, 7) is 1.40. The van der Waals surface area contributed by atoms with Gasteiger partial charge >= 0.3 is 13.5 Å². The van der Waals surface area contributed by atoms with E-state index in [0.29, 0.717) is 0 Å². The first-order chi connectivity index (χ1) is 11.2. The summed E-state index contributed by atoms with van der Waals surface area (Å²) < 4.78 is 33.1. The second kappa shape index (κ2) is 7.28. The fourth-order valence-electron chi connectivity index (χ4n) is 2.69. The van der Waals surface area contributed by atoms with Crippen LogP contribution in [0.15, 0.2) is 21.9 Å². The molecule has 1 aromatic rings. The van der Waals surface area contributed by atoms with Crippen LogP contribution in [-0.2, 0) is 23.3 Å². The molecule has 0 aromatic carbocycles. The monoisotopic (exact) mass is 366 g/mol. The Hall–Kier alpha value is -1.33. The fraction of sp³-hybridized carbons (Fsp3) is 0.667. The van der Waals surface area contributed by atoms with Crippen LogP contribution >= 0.6 is 7.82 Å². The van der Waals surface area contributed by atoms with Crippen molar-refractivity contribution in [1.29, 1.82) is 0 Å². The van der Waals surface area contributed by atoms with Gasteiger partial charge in [-0.1, -0.05) is 0 Å². The number of aromatic nitrogens is 2. The highest BCUT2D eigenvalue weighted by Gasteiger charge is 2.50. The van der Waals surface area contributed by atoms with E-state index in [0.717, 1.165) is 10.6 Å². The Balaban J connectivity index is 2.35. The van der Waals surface area contributed by atoms with Crippen molar-refractivity contribution in [2.75, 3.05) is 14.2 Å². The summed E-state index contributed by atoms with van der Waals surface area (Å²) in [7, 11) is -1.99. The van der Waals surface area contributed by atoms with Crippen molar-refractivity contribution in [3.8, 4) is 0 Å². The van der Waals surface area contributed by atoms with Crippen LogP contribution in [0.25, 0.3) is 0 Å². The highest BCUT2D eigenvalue weighted by Crippen LogP contribution is 2.42. The molecule has 1 unspecified atom stereocenters. The van der Waals surface area contributed by atoms with Gasteiger partial charge in [-0.15, -0.1) is 0 Å². The molecule has 24 heavy (non-hydrogen) atoms. The second-order valence-electron chi connectivity index (χ2n) is 5.21. The van der Waals surface area contributed by atoms with Gasteiger partial charge in [0.15, 0.2) is 6.23 Å². The third-order valence-corrected chi connectivity index (χ3v) is 4.27. The van der Waals surface area contributed by atoms with E-state index in [2.05, 4.69) is 9.51 Å². The third kappa shape index (κ3) is 4.01. The number of H-pyrrole nitrogens is 1. The number of nitrogens with one attached hydrogen (secondary N) is 1. The highest BCUT2D eigenvalue weighted by atomic mass is 31.2. The van der Waals surface area contributed by atoms with Crippen molar-refractivity contribution < 1.29 is 33.1 Å². The van der Waals surface area contributed by atoms with E-state index in [-0.39, 0.29) is 0 Å². The number of hydrogen-bond acceptors (Lipinski definition) is 7. The molecule has 5 atom stereocenters. The van der Waals surface area contributed by atoms with Gasteiger partial charge in [0.2, 0.25) is 0 Å². The maximum atomic E-state index is 12.0. The van der Waals surface area contributed by atoms with Crippen LogP contribution in [0.4, 0.5) is 0 Å². The van der Waals surface area contributed by atoms with Gasteiger partial charge in [-0.05, 0) is 6.92 Å². The Morgan fingerprint density at radius 1 is 1.29 bits per heavy atom. The number of phosphoric acid groups is 1. The lowest BCUT2D eigenvalue weighted by atomic mass is 10.1. The van der Waals surface area contributed by atoms with Crippen LogP contribution in [0, 0.1) is 0 Å².